The van der Waals surface area contributed by atoms with Crippen LogP contribution < -0.4 is 5.32 Å². The molecule has 0 aliphatic rings. The summed E-state index contributed by atoms with van der Waals surface area (Å²) in [7, 11) is 0. The van der Waals surface area contributed by atoms with Crippen molar-refractivity contribution in [3.8, 4) is 11.6 Å². The van der Waals surface area contributed by atoms with Gasteiger partial charge in [0, 0.05) is 5.69 Å². The molecule has 0 spiro atoms. The van der Waals surface area contributed by atoms with Gasteiger partial charge in [0.2, 0.25) is 11.7 Å². The van der Waals surface area contributed by atoms with E-state index >= 15 is 0 Å². The minimum Gasteiger partial charge on any atom is -0.461 e. The van der Waals surface area contributed by atoms with Gasteiger partial charge in [0.25, 0.3) is 0 Å². The normalized spacial score (nSPS) is 10.7. The molecule has 1 aromatic carbocycles. The fraction of sp³-hybridized carbons (Fsp3) is 0.143. The second-order valence-corrected chi connectivity index (χ2v) is 4.20. The highest BCUT2D eigenvalue weighted by Crippen LogP contribution is 2.17. The summed E-state index contributed by atoms with van der Waals surface area (Å²) in [6.07, 6.45) is 1.56. The first-order valence-electron chi connectivity index (χ1n) is 6.15. The minimum atomic E-state index is 0.0126. The maximum absolute atomic E-state index is 9.08. The second-order valence-electron chi connectivity index (χ2n) is 4.20. The third kappa shape index (κ3) is 2.70. The largest absolute Gasteiger partial charge is 0.461 e. The van der Waals surface area contributed by atoms with Crippen molar-refractivity contribution in [1.29, 1.82) is 0 Å². The van der Waals surface area contributed by atoms with Crippen LogP contribution in [0.2, 0.25) is 0 Å². The first-order valence-corrected chi connectivity index (χ1v) is 6.15. The number of furan rings is 1. The van der Waals surface area contributed by atoms with Gasteiger partial charge in [0.1, 0.15) is 0 Å². The van der Waals surface area contributed by atoms with Crippen LogP contribution in [-0.2, 0) is 13.2 Å². The fourth-order valence-electron chi connectivity index (χ4n) is 1.79. The lowest BCUT2D eigenvalue weighted by atomic mass is 10.2. The predicted molar refractivity (Wildman–Crippen MR) is 71.7 cm³/mol. The average Bonchev–Trinajstić information content (AvgIpc) is 3.16. The second kappa shape index (κ2) is 5.58. The molecule has 0 atom stereocenters. The van der Waals surface area contributed by atoms with Gasteiger partial charge in [-0.1, -0.05) is 17.3 Å². The van der Waals surface area contributed by atoms with Crippen molar-refractivity contribution in [2.75, 3.05) is 5.32 Å². The maximum atomic E-state index is 9.08. The van der Waals surface area contributed by atoms with Crippen molar-refractivity contribution in [2.45, 2.75) is 13.2 Å². The van der Waals surface area contributed by atoms with Crippen LogP contribution in [0.3, 0.4) is 0 Å². The van der Waals surface area contributed by atoms with Crippen molar-refractivity contribution in [2.24, 2.45) is 0 Å². The Morgan fingerprint density at radius 1 is 1.20 bits per heavy atom. The Morgan fingerprint density at radius 3 is 2.95 bits per heavy atom. The standard InChI is InChI=1S/C14H13N3O3/c18-9-10-3-1-4-11(7-10)15-8-13-16-14(17-20-13)12-5-2-6-19-12/h1-7,15,18H,8-9H2. The first-order chi connectivity index (χ1) is 9.85. The highest BCUT2D eigenvalue weighted by Gasteiger charge is 2.10. The monoisotopic (exact) mass is 271 g/mol. The molecule has 2 aromatic heterocycles. The number of aliphatic hydroxyl groups excluding tert-OH is 1. The Labute approximate surface area is 115 Å². The van der Waals surface area contributed by atoms with E-state index in [1.54, 1.807) is 18.4 Å². The molecule has 0 saturated heterocycles. The third-order valence-electron chi connectivity index (χ3n) is 2.76. The Morgan fingerprint density at radius 2 is 2.15 bits per heavy atom. The molecule has 0 saturated carbocycles. The third-order valence-corrected chi connectivity index (χ3v) is 2.76. The number of anilines is 1. The molecule has 3 rings (SSSR count). The van der Waals surface area contributed by atoms with E-state index in [2.05, 4.69) is 15.5 Å². The molecular weight excluding hydrogens is 258 g/mol. The van der Waals surface area contributed by atoms with Crippen molar-refractivity contribution in [3.05, 3.63) is 54.1 Å². The number of aliphatic hydroxyl groups is 1. The molecule has 2 heterocycles. The SMILES string of the molecule is OCc1cccc(NCc2nc(-c3ccco3)no2)c1. The molecule has 0 aliphatic carbocycles. The average molecular weight is 271 g/mol. The molecule has 6 nitrogen and oxygen atoms in total. The molecule has 0 aliphatic heterocycles. The number of aromatic nitrogens is 2. The van der Waals surface area contributed by atoms with E-state index < -0.39 is 0 Å². The number of nitrogens with zero attached hydrogens (tertiary/aromatic N) is 2. The highest BCUT2D eigenvalue weighted by atomic mass is 16.5. The molecular formula is C14H13N3O3. The number of benzene rings is 1. The summed E-state index contributed by atoms with van der Waals surface area (Å²) < 4.78 is 10.3. The van der Waals surface area contributed by atoms with E-state index in [-0.39, 0.29) is 6.61 Å². The molecule has 0 bridgehead atoms. The van der Waals surface area contributed by atoms with E-state index in [4.69, 9.17) is 14.0 Å². The van der Waals surface area contributed by atoms with E-state index in [1.165, 1.54) is 0 Å². The zero-order chi connectivity index (χ0) is 13.8. The van der Waals surface area contributed by atoms with Crippen molar-refractivity contribution in [3.63, 3.8) is 0 Å². The van der Waals surface area contributed by atoms with Crippen LogP contribution in [-0.4, -0.2) is 15.2 Å². The van der Waals surface area contributed by atoms with Crippen LogP contribution >= 0.6 is 0 Å². The van der Waals surface area contributed by atoms with Gasteiger partial charge in [-0.2, -0.15) is 4.98 Å². The van der Waals surface area contributed by atoms with Gasteiger partial charge < -0.3 is 19.4 Å². The van der Waals surface area contributed by atoms with Gasteiger partial charge in [-0.05, 0) is 29.8 Å². The Hall–Kier alpha value is -2.60. The molecule has 102 valence electrons. The zero-order valence-electron chi connectivity index (χ0n) is 10.6. The van der Waals surface area contributed by atoms with Crippen molar-refractivity contribution in [1.82, 2.24) is 10.1 Å². The molecule has 0 fully saturated rings. The quantitative estimate of drug-likeness (QED) is 0.741. The lowest BCUT2D eigenvalue weighted by Crippen LogP contribution is -2.00. The highest BCUT2D eigenvalue weighted by molar-refractivity contribution is 5.46. The lowest BCUT2D eigenvalue weighted by Gasteiger charge is -2.04. The van der Waals surface area contributed by atoms with Gasteiger partial charge in [-0.25, -0.2) is 0 Å². The van der Waals surface area contributed by atoms with Crippen LogP contribution in [0.15, 0.2) is 51.6 Å². The van der Waals surface area contributed by atoms with Gasteiger partial charge in [0.15, 0.2) is 5.76 Å². The Balaban J connectivity index is 1.66. The maximum Gasteiger partial charge on any atom is 0.246 e. The van der Waals surface area contributed by atoms with E-state index in [0.717, 1.165) is 11.3 Å². The summed E-state index contributed by atoms with van der Waals surface area (Å²) in [5, 5.41) is 16.1. The summed E-state index contributed by atoms with van der Waals surface area (Å²) in [4.78, 5) is 4.23. The summed E-state index contributed by atoms with van der Waals surface area (Å²) in [5.74, 6) is 1.46. The molecule has 6 heteroatoms. The van der Waals surface area contributed by atoms with E-state index in [1.807, 2.05) is 24.3 Å². The summed E-state index contributed by atoms with van der Waals surface area (Å²) in [6.45, 7) is 0.418. The summed E-state index contributed by atoms with van der Waals surface area (Å²) in [6, 6.07) is 11.0. The Bertz CT molecular complexity index is 677. The molecule has 0 amide bonds. The smallest absolute Gasteiger partial charge is 0.246 e. The molecule has 0 radical (unpaired) electrons. The molecule has 0 unspecified atom stereocenters. The topological polar surface area (TPSA) is 84.3 Å². The van der Waals surface area contributed by atoms with Gasteiger partial charge in [-0.3, -0.25) is 0 Å². The van der Waals surface area contributed by atoms with Gasteiger partial charge in [-0.15, -0.1) is 0 Å². The predicted octanol–water partition coefficient (Wildman–Crippen LogP) is 2.43. The van der Waals surface area contributed by atoms with Crippen LogP contribution in [0.1, 0.15) is 11.5 Å². The summed E-state index contributed by atoms with van der Waals surface area (Å²) in [5.41, 5.74) is 1.73. The number of nitrogens with one attached hydrogen (secondary N) is 1. The molecule has 3 aromatic rings. The van der Waals surface area contributed by atoms with Gasteiger partial charge >= 0.3 is 0 Å². The zero-order valence-corrected chi connectivity index (χ0v) is 10.6. The van der Waals surface area contributed by atoms with Crippen LogP contribution in [0.25, 0.3) is 11.6 Å². The molecule has 20 heavy (non-hydrogen) atoms. The number of hydrogen-bond acceptors (Lipinski definition) is 6. The van der Waals surface area contributed by atoms with Crippen molar-refractivity contribution < 1.29 is 14.0 Å². The summed E-state index contributed by atoms with van der Waals surface area (Å²) >= 11 is 0. The number of rotatable bonds is 5. The van der Waals surface area contributed by atoms with Gasteiger partial charge in [0.05, 0.1) is 19.4 Å². The fourth-order valence-corrected chi connectivity index (χ4v) is 1.79. The van der Waals surface area contributed by atoms with Crippen LogP contribution in [0.5, 0.6) is 0 Å². The first kappa shape index (κ1) is 12.4. The Kier molecular flexibility index (Phi) is 3.47. The molecule has 2 N–H and O–H groups in total. The lowest BCUT2D eigenvalue weighted by molar-refractivity contribution is 0.282. The van der Waals surface area contributed by atoms with Crippen LogP contribution in [0.4, 0.5) is 5.69 Å². The number of hydrogen-bond donors (Lipinski definition) is 2. The minimum absolute atomic E-state index is 0.0126. The van der Waals surface area contributed by atoms with E-state index in [0.29, 0.717) is 24.0 Å². The van der Waals surface area contributed by atoms with Crippen LogP contribution in [0, 0.1) is 0 Å². The van der Waals surface area contributed by atoms with Crippen molar-refractivity contribution >= 4 is 5.69 Å². The van der Waals surface area contributed by atoms with E-state index in [9.17, 15) is 0 Å².